The summed E-state index contributed by atoms with van der Waals surface area (Å²) < 4.78 is 39.2. The Hall–Kier alpha value is -2.87. The predicted molar refractivity (Wildman–Crippen MR) is 107 cm³/mol. The second-order valence-electron chi connectivity index (χ2n) is 7.92. The molecule has 1 aromatic carbocycles. The highest BCUT2D eigenvalue weighted by Crippen LogP contribution is 2.49. The van der Waals surface area contributed by atoms with Gasteiger partial charge in [-0.2, -0.15) is 4.39 Å². The van der Waals surface area contributed by atoms with E-state index in [1.807, 2.05) is 20.8 Å². The van der Waals surface area contributed by atoms with Gasteiger partial charge in [0.2, 0.25) is 5.82 Å². The lowest BCUT2D eigenvalue weighted by atomic mass is 9.78. The number of hydrogen-bond acceptors (Lipinski definition) is 5. The van der Waals surface area contributed by atoms with Crippen molar-refractivity contribution in [3.05, 3.63) is 53.4 Å². The number of methoxy groups -OCH3 is 1. The number of amides is 1. The Morgan fingerprint density at radius 3 is 2.57 bits per heavy atom. The molecule has 1 aliphatic rings. The molecule has 160 valence electrons. The first-order chi connectivity index (χ1) is 14.1. The molecule has 0 aliphatic carbocycles. The summed E-state index contributed by atoms with van der Waals surface area (Å²) in [6, 6.07) is 5.46. The molecule has 2 aromatic rings. The first-order valence-electron chi connectivity index (χ1n) is 9.54. The molecule has 1 aromatic heterocycles. The molecule has 1 saturated heterocycles. The molecule has 1 aliphatic heterocycles. The highest BCUT2D eigenvalue weighted by molar-refractivity contribution is 5.97. The average Bonchev–Trinajstić information content (AvgIpc) is 2.93. The number of halogens is 2. The van der Waals surface area contributed by atoms with Crippen LogP contribution in [0.1, 0.15) is 49.7 Å². The monoisotopic (exact) mass is 418 g/mol. The Morgan fingerprint density at radius 2 is 1.93 bits per heavy atom. The minimum atomic E-state index is -1.11. The van der Waals surface area contributed by atoms with E-state index >= 15 is 0 Å². The zero-order valence-corrected chi connectivity index (χ0v) is 17.5. The number of hydrogen-bond donors (Lipinski definition) is 1. The molecule has 0 radical (unpaired) electrons. The number of nitrogens with zero attached hydrogens (tertiary/aromatic N) is 1. The minimum Gasteiger partial charge on any atom is -0.493 e. The number of nitrogens with one attached hydrogen (secondary N) is 1. The SMILES string of the molecule is COc1c([C@@H]2[C@@H](C(=O)Nc3ccnc(C(C)=O)c3)OC(C)(C)[C@@H]2C)ccc(F)c1F. The topological polar surface area (TPSA) is 77.5 Å². The van der Waals surface area contributed by atoms with Crippen LogP contribution in [0.5, 0.6) is 5.75 Å². The maximum Gasteiger partial charge on any atom is 0.254 e. The fourth-order valence-corrected chi connectivity index (χ4v) is 3.78. The third-order valence-electron chi connectivity index (χ3n) is 5.68. The molecular formula is C22H24F2N2O4. The van der Waals surface area contributed by atoms with Crippen LogP contribution in [-0.4, -0.2) is 35.5 Å². The van der Waals surface area contributed by atoms with Gasteiger partial charge in [0.1, 0.15) is 11.8 Å². The Kier molecular flexibility index (Phi) is 5.90. The maximum absolute atomic E-state index is 14.4. The first kappa shape index (κ1) is 21.8. The summed E-state index contributed by atoms with van der Waals surface area (Å²) in [6.07, 6.45) is 0.437. The van der Waals surface area contributed by atoms with Crippen LogP contribution < -0.4 is 10.1 Å². The van der Waals surface area contributed by atoms with E-state index in [2.05, 4.69) is 10.3 Å². The molecule has 1 amide bonds. The highest BCUT2D eigenvalue weighted by Gasteiger charge is 2.51. The van der Waals surface area contributed by atoms with Gasteiger partial charge in [0.15, 0.2) is 17.3 Å². The maximum atomic E-state index is 14.4. The van der Waals surface area contributed by atoms with Crippen LogP contribution in [0.4, 0.5) is 14.5 Å². The van der Waals surface area contributed by atoms with Crippen molar-refractivity contribution in [1.29, 1.82) is 0 Å². The first-order valence-corrected chi connectivity index (χ1v) is 9.54. The number of carbonyl (C=O) groups is 2. The van der Waals surface area contributed by atoms with E-state index in [9.17, 15) is 18.4 Å². The Bertz CT molecular complexity index is 993. The van der Waals surface area contributed by atoms with Gasteiger partial charge in [-0.3, -0.25) is 14.6 Å². The van der Waals surface area contributed by atoms with Crippen LogP contribution in [0.15, 0.2) is 30.5 Å². The van der Waals surface area contributed by atoms with E-state index in [1.54, 1.807) is 6.07 Å². The van der Waals surface area contributed by atoms with E-state index < -0.39 is 35.2 Å². The van der Waals surface area contributed by atoms with Crippen molar-refractivity contribution in [2.24, 2.45) is 5.92 Å². The molecule has 0 unspecified atom stereocenters. The highest BCUT2D eigenvalue weighted by atomic mass is 19.2. The van der Waals surface area contributed by atoms with Crippen molar-refractivity contribution in [2.45, 2.75) is 45.3 Å². The molecule has 1 fully saturated rings. The largest absolute Gasteiger partial charge is 0.493 e. The van der Waals surface area contributed by atoms with Gasteiger partial charge in [-0.05, 0) is 38.0 Å². The molecule has 8 heteroatoms. The lowest BCUT2D eigenvalue weighted by Gasteiger charge is -2.25. The summed E-state index contributed by atoms with van der Waals surface area (Å²) in [5.74, 6) is -3.88. The number of aromatic nitrogens is 1. The molecule has 30 heavy (non-hydrogen) atoms. The number of benzene rings is 1. The number of pyridine rings is 1. The van der Waals surface area contributed by atoms with Crippen molar-refractivity contribution < 1.29 is 27.8 Å². The Balaban J connectivity index is 1.98. The van der Waals surface area contributed by atoms with E-state index in [1.165, 1.54) is 32.4 Å². The van der Waals surface area contributed by atoms with Crippen molar-refractivity contribution in [2.75, 3.05) is 12.4 Å². The van der Waals surface area contributed by atoms with Gasteiger partial charge < -0.3 is 14.8 Å². The average molecular weight is 418 g/mol. The molecule has 2 heterocycles. The number of rotatable bonds is 5. The van der Waals surface area contributed by atoms with Crippen molar-refractivity contribution in [3.63, 3.8) is 0 Å². The Labute approximate surface area is 173 Å². The fraction of sp³-hybridized carbons (Fsp3) is 0.409. The third kappa shape index (κ3) is 3.92. The Morgan fingerprint density at radius 1 is 1.23 bits per heavy atom. The van der Waals surface area contributed by atoms with Gasteiger partial charge in [0.05, 0.1) is 12.7 Å². The lowest BCUT2D eigenvalue weighted by Crippen LogP contribution is -2.33. The van der Waals surface area contributed by atoms with Crippen LogP contribution in [0.25, 0.3) is 0 Å². The van der Waals surface area contributed by atoms with Crippen LogP contribution in [0.3, 0.4) is 0 Å². The zero-order chi connectivity index (χ0) is 22.2. The number of anilines is 1. The van der Waals surface area contributed by atoms with Crippen LogP contribution in [-0.2, 0) is 9.53 Å². The fourth-order valence-electron chi connectivity index (χ4n) is 3.78. The van der Waals surface area contributed by atoms with Gasteiger partial charge in [0, 0.05) is 30.3 Å². The van der Waals surface area contributed by atoms with Crippen molar-refractivity contribution >= 4 is 17.4 Å². The number of Topliss-reactive ketones (excluding diaryl/α,β-unsaturated/α-hetero) is 1. The molecule has 6 nitrogen and oxygen atoms in total. The summed E-state index contributed by atoms with van der Waals surface area (Å²) in [7, 11) is 1.25. The van der Waals surface area contributed by atoms with Crippen molar-refractivity contribution in [1.82, 2.24) is 4.98 Å². The summed E-state index contributed by atoms with van der Waals surface area (Å²) >= 11 is 0. The smallest absolute Gasteiger partial charge is 0.254 e. The van der Waals surface area contributed by atoms with Crippen LogP contribution in [0, 0.1) is 17.6 Å². The van der Waals surface area contributed by atoms with E-state index in [0.29, 0.717) is 11.3 Å². The molecule has 3 rings (SSSR count). The molecule has 0 bridgehead atoms. The third-order valence-corrected chi connectivity index (χ3v) is 5.68. The molecule has 0 spiro atoms. The molecule has 3 atom stereocenters. The second-order valence-corrected chi connectivity index (χ2v) is 7.92. The molecular weight excluding hydrogens is 394 g/mol. The van der Waals surface area contributed by atoms with Crippen molar-refractivity contribution in [3.8, 4) is 5.75 Å². The van der Waals surface area contributed by atoms with Crippen LogP contribution >= 0.6 is 0 Å². The lowest BCUT2D eigenvalue weighted by molar-refractivity contribution is -0.131. The summed E-state index contributed by atoms with van der Waals surface area (Å²) in [5, 5.41) is 2.74. The van der Waals surface area contributed by atoms with E-state index in [4.69, 9.17) is 9.47 Å². The summed E-state index contributed by atoms with van der Waals surface area (Å²) in [5.41, 5.74) is 0.254. The summed E-state index contributed by atoms with van der Waals surface area (Å²) in [6.45, 7) is 6.94. The predicted octanol–water partition coefficient (Wildman–Crippen LogP) is 4.11. The quantitative estimate of drug-likeness (QED) is 0.740. The molecule has 0 saturated carbocycles. The van der Waals surface area contributed by atoms with Gasteiger partial charge >= 0.3 is 0 Å². The van der Waals surface area contributed by atoms with Gasteiger partial charge in [-0.25, -0.2) is 4.39 Å². The van der Waals surface area contributed by atoms with Gasteiger partial charge in [0.25, 0.3) is 5.91 Å². The van der Waals surface area contributed by atoms with Gasteiger partial charge in [-0.1, -0.05) is 13.0 Å². The van der Waals surface area contributed by atoms with E-state index in [0.717, 1.165) is 6.07 Å². The number of ketones is 1. The number of carbonyl (C=O) groups excluding carboxylic acids is 2. The zero-order valence-electron chi connectivity index (χ0n) is 17.5. The normalized spacial score (nSPS) is 22.6. The minimum absolute atomic E-state index is 0.211. The standard InChI is InChI=1S/C22H24F2N2O4/c1-11-17(14-6-7-15(23)18(24)19(14)29-5)20(30-22(11,3)4)21(28)26-13-8-9-25-16(10-13)12(2)27/h6-11,17,20H,1-5H3,(H,25,26,28)/t11-,17-,20+/m1/s1. The molecule has 1 N–H and O–H groups in total. The van der Waals surface area contributed by atoms with Gasteiger partial charge in [-0.15, -0.1) is 0 Å². The summed E-state index contributed by atoms with van der Waals surface area (Å²) in [4.78, 5) is 28.6. The second kappa shape index (κ2) is 8.10. The number of ether oxygens (including phenoxy) is 2. The van der Waals surface area contributed by atoms with Crippen LogP contribution in [0.2, 0.25) is 0 Å². The van der Waals surface area contributed by atoms with E-state index in [-0.39, 0.29) is 23.1 Å².